The molecule has 0 aromatic rings. The van der Waals surface area contributed by atoms with E-state index in [0.29, 0.717) is 12.5 Å². The average molecular weight is 175 g/mol. The van der Waals surface area contributed by atoms with Crippen LogP contribution >= 0.6 is 11.8 Å². The van der Waals surface area contributed by atoms with E-state index in [2.05, 4.69) is 0 Å². The van der Waals surface area contributed by atoms with E-state index >= 15 is 0 Å². The van der Waals surface area contributed by atoms with E-state index in [1.807, 2.05) is 18.7 Å². The molecule has 0 aromatic carbocycles. The number of aliphatic hydroxyl groups is 1. The van der Waals surface area contributed by atoms with E-state index in [1.165, 1.54) is 12.2 Å². The zero-order chi connectivity index (χ0) is 8.32. The van der Waals surface area contributed by atoms with Crippen molar-refractivity contribution in [2.45, 2.75) is 25.4 Å². The van der Waals surface area contributed by atoms with E-state index in [1.54, 1.807) is 0 Å². The topological polar surface area (TPSA) is 46.2 Å². The summed E-state index contributed by atoms with van der Waals surface area (Å²) >= 11 is 1.93. The summed E-state index contributed by atoms with van der Waals surface area (Å²) in [4.78, 5) is 0. The Bertz CT molecular complexity index is 121. The number of hydrogen-bond acceptors (Lipinski definition) is 3. The molecule has 0 aromatic heterocycles. The monoisotopic (exact) mass is 175 g/mol. The summed E-state index contributed by atoms with van der Waals surface area (Å²) < 4.78 is 0. The van der Waals surface area contributed by atoms with Gasteiger partial charge in [-0.2, -0.15) is 11.8 Å². The number of thioether (sulfide) groups is 1. The van der Waals surface area contributed by atoms with Gasteiger partial charge in [-0.05, 0) is 37.2 Å². The number of rotatable bonds is 2. The fourth-order valence-electron chi connectivity index (χ4n) is 1.40. The van der Waals surface area contributed by atoms with Gasteiger partial charge in [-0.3, -0.25) is 0 Å². The third kappa shape index (κ3) is 2.36. The van der Waals surface area contributed by atoms with Gasteiger partial charge in [-0.1, -0.05) is 0 Å². The molecule has 11 heavy (non-hydrogen) atoms. The Morgan fingerprint density at radius 3 is 2.91 bits per heavy atom. The summed E-state index contributed by atoms with van der Waals surface area (Å²) in [6, 6.07) is 0. The highest BCUT2D eigenvalue weighted by molar-refractivity contribution is 7.99. The highest BCUT2D eigenvalue weighted by atomic mass is 32.2. The molecular weight excluding hydrogens is 158 g/mol. The molecule has 0 radical (unpaired) electrons. The quantitative estimate of drug-likeness (QED) is 0.654. The first-order valence-electron chi connectivity index (χ1n) is 4.17. The fraction of sp³-hybridized carbons (Fsp3) is 1.00. The minimum absolute atomic E-state index is 0.387. The standard InChI is InChI=1S/C8H17NOS/c1-8(10,6-9)7-3-2-4-11-5-7/h7,10H,2-6,9H2,1H3. The van der Waals surface area contributed by atoms with Crippen LogP contribution < -0.4 is 5.73 Å². The van der Waals surface area contributed by atoms with Gasteiger partial charge in [0.1, 0.15) is 0 Å². The Labute approximate surface area is 72.5 Å². The molecule has 1 saturated heterocycles. The Balaban J connectivity index is 2.43. The molecule has 0 amide bonds. The zero-order valence-electron chi connectivity index (χ0n) is 7.05. The maximum atomic E-state index is 9.81. The Kier molecular flexibility index (Phi) is 3.22. The van der Waals surface area contributed by atoms with Crippen LogP contribution in [0.2, 0.25) is 0 Å². The van der Waals surface area contributed by atoms with E-state index in [-0.39, 0.29) is 0 Å². The van der Waals surface area contributed by atoms with Crippen molar-refractivity contribution < 1.29 is 5.11 Å². The fourth-order valence-corrected chi connectivity index (χ4v) is 2.75. The average Bonchev–Trinajstić information content (AvgIpc) is 2.06. The van der Waals surface area contributed by atoms with Crippen molar-refractivity contribution in [3.8, 4) is 0 Å². The third-order valence-corrected chi connectivity index (χ3v) is 3.67. The first-order chi connectivity index (χ1) is 5.17. The summed E-state index contributed by atoms with van der Waals surface area (Å²) in [7, 11) is 0. The van der Waals surface area contributed by atoms with Crippen LogP contribution in [-0.2, 0) is 0 Å². The molecule has 0 bridgehead atoms. The van der Waals surface area contributed by atoms with Gasteiger partial charge >= 0.3 is 0 Å². The molecule has 3 heteroatoms. The SMILES string of the molecule is CC(O)(CN)C1CCCSC1. The summed E-state index contributed by atoms with van der Waals surface area (Å²) in [5.41, 5.74) is 4.85. The van der Waals surface area contributed by atoms with Crippen molar-refractivity contribution in [3.05, 3.63) is 0 Å². The van der Waals surface area contributed by atoms with Crippen LogP contribution in [0.5, 0.6) is 0 Å². The van der Waals surface area contributed by atoms with Crippen LogP contribution in [-0.4, -0.2) is 28.8 Å². The smallest absolute Gasteiger partial charge is 0.0777 e. The van der Waals surface area contributed by atoms with Crippen LogP contribution in [0.4, 0.5) is 0 Å². The van der Waals surface area contributed by atoms with Gasteiger partial charge in [0.15, 0.2) is 0 Å². The lowest BCUT2D eigenvalue weighted by molar-refractivity contribution is 0.0124. The number of nitrogens with two attached hydrogens (primary N) is 1. The second kappa shape index (κ2) is 3.78. The van der Waals surface area contributed by atoms with E-state index in [4.69, 9.17) is 5.73 Å². The van der Waals surface area contributed by atoms with Gasteiger partial charge in [0, 0.05) is 6.54 Å². The predicted octanol–water partition coefficient (Wildman–Crippen LogP) is 0.839. The molecule has 0 aliphatic carbocycles. The zero-order valence-corrected chi connectivity index (χ0v) is 7.86. The van der Waals surface area contributed by atoms with Crippen LogP contribution in [0.25, 0.3) is 0 Å². The molecule has 0 saturated carbocycles. The Morgan fingerprint density at radius 2 is 2.45 bits per heavy atom. The lowest BCUT2D eigenvalue weighted by Gasteiger charge is -2.34. The molecular formula is C8H17NOS. The minimum atomic E-state index is -0.632. The number of hydrogen-bond donors (Lipinski definition) is 2. The highest BCUT2D eigenvalue weighted by Crippen LogP contribution is 2.30. The van der Waals surface area contributed by atoms with E-state index in [0.717, 1.165) is 12.2 Å². The molecule has 66 valence electrons. The van der Waals surface area contributed by atoms with Gasteiger partial charge < -0.3 is 10.8 Å². The molecule has 1 rings (SSSR count). The van der Waals surface area contributed by atoms with Gasteiger partial charge in [-0.15, -0.1) is 0 Å². The maximum absolute atomic E-state index is 9.81. The van der Waals surface area contributed by atoms with E-state index < -0.39 is 5.60 Å². The van der Waals surface area contributed by atoms with Crippen molar-refractivity contribution >= 4 is 11.8 Å². The van der Waals surface area contributed by atoms with Crippen molar-refractivity contribution in [2.75, 3.05) is 18.1 Å². The summed E-state index contributed by atoms with van der Waals surface area (Å²) in [5.74, 6) is 2.73. The molecule has 3 N–H and O–H groups in total. The van der Waals surface area contributed by atoms with Crippen molar-refractivity contribution in [1.82, 2.24) is 0 Å². The lowest BCUT2D eigenvalue weighted by Crippen LogP contribution is -2.44. The van der Waals surface area contributed by atoms with Gasteiger partial charge in [0.25, 0.3) is 0 Å². The molecule has 0 spiro atoms. The maximum Gasteiger partial charge on any atom is 0.0777 e. The molecule has 1 fully saturated rings. The molecule has 2 nitrogen and oxygen atoms in total. The van der Waals surface area contributed by atoms with Crippen LogP contribution in [0, 0.1) is 5.92 Å². The van der Waals surface area contributed by atoms with Gasteiger partial charge in [0.2, 0.25) is 0 Å². The summed E-state index contributed by atoms with van der Waals surface area (Å²) in [5, 5.41) is 9.81. The lowest BCUT2D eigenvalue weighted by atomic mass is 9.87. The van der Waals surface area contributed by atoms with Gasteiger partial charge in [-0.25, -0.2) is 0 Å². The van der Waals surface area contributed by atoms with E-state index in [9.17, 15) is 5.11 Å². The van der Waals surface area contributed by atoms with Crippen LogP contribution in [0.1, 0.15) is 19.8 Å². The van der Waals surface area contributed by atoms with Gasteiger partial charge in [0.05, 0.1) is 5.60 Å². The second-order valence-electron chi connectivity index (χ2n) is 3.48. The molecule has 1 aliphatic rings. The minimum Gasteiger partial charge on any atom is -0.389 e. The largest absolute Gasteiger partial charge is 0.389 e. The molecule has 1 heterocycles. The Morgan fingerprint density at radius 1 is 1.73 bits per heavy atom. The first-order valence-corrected chi connectivity index (χ1v) is 5.32. The van der Waals surface area contributed by atoms with Crippen molar-refractivity contribution in [3.63, 3.8) is 0 Å². The van der Waals surface area contributed by atoms with Crippen molar-refractivity contribution in [1.29, 1.82) is 0 Å². The highest BCUT2D eigenvalue weighted by Gasteiger charge is 2.31. The second-order valence-corrected chi connectivity index (χ2v) is 4.63. The molecule has 2 unspecified atom stereocenters. The van der Waals surface area contributed by atoms with Crippen molar-refractivity contribution in [2.24, 2.45) is 11.7 Å². The summed E-state index contributed by atoms with van der Waals surface area (Å²) in [6.07, 6.45) is 2.36. The van der Waals surface area contributed by atoms with Crippen LogP contribution in [0.15, 0.2) is 0 Å². The van der Waals surface area contributed by atoms with Crippen LogP contribution in [0.3, 0.4) is 0 Å². The predicted molar refractivity (Wildman–Crippen MR) is 49.7 cm³/mol. The summed E-state index contributed by atoms with van der Waals surface area (Å²) in [6.45, 7) is 2.24. The Hall–Kier alpha value is 0.270. The normalized spacial score (nSPS) is 31.4. The molecule has 1 aliphatic heterocycles. The third-order valence-electron chi connectivity index (χ3n) is 2.45. The first kappa shape index (κ1) is 9.36. The molecule has 2 atom stereocenters.